The zero-order valence-electron chi connectivity index (χ0n) is 17.6. The average molecular weight is 425 g/mol. The normalized spacial score (nSPS) is 10.6. The molecule has 3 aromatic rings. The molecule has 0 bridgehead atoms. The maximum Gasteiger partial charge on any atom is 0.305 e. The third kappa shape index (κ3) is 6.51. The Morgan fingerprint density at radius 2 is 2.00 bits per heavy atom. The number of nitrogens with one attached hydrogen (secondary N) is 2. The van der Waals surface area contributed by atoms with Crippen LogP contribution in [0.5, 0.6) is 5.75 Å². The second-order valence-electron chi connectivity index (χ2n) is 6.73. The van der Waals surface area contributed by atoms with Crippen LogP contribution in [-0.2, 0) is 9.53 Å². The highest BCUT2D eigenvalue weighted by Crippen LogP contribution is 2.29. The number of nitrogens with zero attached hydrogens (tertiary/aromatic N) is 3. The van der Waals surface area contributed by atoms with Gasteiger partial charge in [-0.15, -0.1) is 0 Å². The molecule has 0 saturated heterocycles. The van der Waals surface area contributed by atoms with E-state index in [4.69, 9.17) is 15.2 Å². The summed E-state index contributed by atoms with van der Waals surface area (Å²) in [5.41, 5.74) is 7.69. The van der Waals surface area contributed by atoms with E-state index in [1.165, 1.54) is 6.33 Å². The van der Waals surface area contributed by atoms with Gasteiger partial charge in [-0.25, -0.2) is 15.0 Å². The fourth-order valence-electron chi connectivity index (χ4n) is 2.90. The van der Waals surface area contributed by atoms with E-state index in [1.54, 1.807) is 6.92 Å². The molecule has 0 aliphatic rings. The molecule has 0 saturated carbocycles. The Morgan fingerprint density at radius 1 is 1.13 bits per heavy atom. The monoisotopic (exact) mass is 424 g/mol. The standard InChI is InChI=1S/C22H28N6O3/c1-2-30-20(29)9-5-14-31-18-8-4-3-7-16(18)27-22-21-17(25-15-26-22)10-11-19(28-21)24-13-6-12-23/h3-4,7-8,10-11,15H,2,5-6,9,12-14,23H2,1H3,(H,24,28)(H,25,26,27). The molecule has 2 heterocycles. The molecule has 31 heavy (non-hydrogen) atoms. The first kappa shape index (κ1) is 22.2. The van der Waals surface area contributed by atoms with Gasteiger partial charge in [-0.3, -0.25) is 4.79 Å². The Labute approximate surface area is 181 Å². The maximum atomic E-state index is 11.5. The average Bonchev–Trinajstić information content (AvgIpc) is 2.78. The smallest absolute Gasteiger partial charge is 0.305 e. The lowest BCUT2D eigenvalue weighted by Crippen LogP contribution is -2.09. The van der Waals surface area contributed by atoms with Gasteiger partial charge in [0.25, 0.3) is 0 Å². The Kier molecular flexibility index (Phi) is 8.36. The number of esters is 1. The topological polar surface area (TPSA) is 124 Å². The van der Waals surface area contributed by atoms with Gasteiger partial charge in [-0.1, -0.05) is 12.1 Å². The first-order valence-corrected chi connectivity index (χ1v) is 10.4. The van der Waals surface area contributed by atoms with Crippen LogP contribution in [0, 0.1) is 0 Å². The van der Waals surface area contributed by atoms with Crippen LogP contribution >= 0.6 is 0 Å². The number of hydrogen-bond acceptors (Lipinski definition) is 9. The number of para-hydroxylation sites is 2. The largest absolute Gasteiger partial charge is 0.491 e. The van der Waals surface area contributed by atoms with Crippen molar-refractivity contribution in [3.8, 4) is 5.75 Å². The second kappa shape index (κ2) is 11.7. The van der Waals surface area contributed by atoms with Crippen molar-refractivity contribution < 1.29 is 14.3 Å². The van der Waals surface area contributed by atoms with Gasteiger partial charge in [0.2, 0.25) is 0 Å². The zero-order chi connectivity index (χ0) is 21.9. The van der Waals surface area contributed by atoms with Crippen LogP contribution in [0.2, 0.25) is 0 Å². The number of anilines is 3. The minimum Gasteiger partial charge on any atom is -0.491 e. The molecule has 0 radical (unpaired) electrons. The molecule has 164 valence electrons. The fraction of sp³-hybridized carbons (Fsp3) is 0.364. The molecule has 0 atom stereocenters. The third-order valence-electron chi connectivity index (χ3n) is 4.40. The summed E-state index contributed by atoms with van der Waals surface area (Å²) < 4.78 is 10.8. The van der Waals surface area contributed by atoms with Gasteiger partial charge < -0.3 is 25.8 Å². The number of rotatable bonds is 12. The van der Waals surface area contributed by atoms with E-state index in [9.17, 15) is 4.79 Å². The summed E-state index contributed by atoms with van der Waals surface area (Å²) in [6, 6.07) is 11.3. The molecule has 1 aromatic carbocycles. The van der Waals surface area contributed by atoms with Crippen LogP contribution in [0.4, 0.5) is 17.3 Å². The van der Waals surface area contributed by atoms with E-state index in [-0.39, 0.29) is 5.97 Å². The number of fused-ring (bicyclic) bond motifs is 1. The van der Waals surface area contributed by atoms with E-state index in [1.807, 2.05) is 36.4 Å². The predicted octanol–water partition coefficient (Wildman–Crippen LogP) is 3.25. The summed E-state index contributed by atoms with van der Waals surface area (Å²) in [4.78, 5) is 24.8. The van der Waals surface area contributed by atoms with Crippen LogP contribution in [0.3, 0.4) is 0 Å². The summed E-state index contributed by atoms with van der Waals surface area (Å²) in [6.45, 7) is 3.94. The Bertz CT molecular complexity index is 998. The molecule has 0 fully saturated rings. The number of benzene rings is 1. The van der Waals surface area contributed by atoms with Gasteiger partial charge in [-0.05, 0) is 50.6 Å². The molecule has 0 unspecified atom stereocenters. The van der Waals surface area contributed by atoms with Crippen molar-refractivity contribution >= 4 is 34.3 Å². The fourth-order valence-corrected chi connectivity index (χ4v) is 2.90. The highest BCUT2D eigenvalue weighted by atomic mass is 16.5. The van der Waals surface area contributed by atoms with Crippen LogP contribution in [0.25, 0.3) is 11.0 Å². The number of aromatic nitrogens is 3. The van der Waals surface area contributed by atoms with Crippen molar-refractivity contribution in [2.75, 3.05) is 36.9 Å². The highest BCUT2D eigenvalue weighted by molar-refractivity contribution is 5.88. The van der Waals surface area contributed by atoms with Gasteiger partial charge >= 0.3 is 5.97 Å². The third-order valence-corrected chi connectivity index (χ3v) is 4.40. The predicted molar refractivity (Wildman–Crippen MR) is 121 cm³/mol. The molecule has 9 heteroatoms. The molecular formula is C22H28N6O3. The first-order valence-electron chi connectivity index (χ1n) is 10.4. The highest BCUT2D eigenvalue weighted by Gasteiger charge is 2.10. The van der Waals surface area contributed by atoms with E-state index >= 15 is 0 Å². The van der Waals surface area contributed by atoms with Gasteiger partial charge in [0.1, 0.15) is 23.4 Å². The lowest BCUT2D eigenvalue weighted by atomic mass is 10.2. The van der Waals surface area contributed by atoms with Gasteiger partial charge in [-0.2, -0.15) is 0 Å². The molecule has 0 aliphatic carbocycles. The van der Waals surface area contributed by atoms with Crippen LogP contribution < -0.4 is 21.1 Å². The van der Waals surface area contributed by atoms with E-state index < -0.39 is 0 Å². The van der Waals surface area contributed by atoms with Gasteiger partial charge in [0.05, 0.1) is 24.4 Å². The van der Waals surface area contributed by atoms with Gasteiger partial charge in [0, 0.05) is 13.0 Å². The number of nitrogens with two attached hydrogens (primary N) is 1. The van der Waals surface area contributed by atoms with Crippen molar-refractivity contribution in [1.82, 2.24) is 15.0 Å². The molecule has 0 amide bonds. The molecule has 4 N–H and O–H groups in total. The van der Waals surface area contributed by atoms with Crippen molar-refractivity contribution in [2.24, 2.45) is 5.73 Å². The first-order chi connectivity index (χ1) is 15.2. The van der Waals surface area contributed by atoms with Crippen LogP contribution in [0.15, 0.2) is 42.7 Å². The molecule has 3 rings (SSSR count). The Hall–Kier alpha value is -3.46. The number of carbonyl (C=O) groups is 1. The van der Waals surface area contributed by atoms with Crippen molar-refractivity contribution in [1.29, 1.82) is 0 Å². The van der Waals surface area contributed by atoms with E-state index in [0.717, 1.165) is 30.0 Å². The van der Waals surface area contributed by atoms with Crippen molar-refractivity contribution in [2.45, 2.75) is 26.2 Å². The Balaban J connectivity index is 1.71. The van der Waals surface area contributed by atoms with E-state index in [2.05, 4.69) is 25.6 Å². The zero-order valence-corrected chi connectivity index (χ0v) is 17.6. The van der Waals surface area contributed by atoms with Crippen molar-refractivity contribution in [3.63, 3.8) is 0 Å². The summed E-state index contributed by atoms with van der Waals surface area (Å²) in [7, 11) is 0. The number of ether oxygens (including phenoxy) is 2. The molecular weight excluding hydrogens is 396 g/mol. The van der Waals surface area contributed by atoms with E-state index in [0.29, 0.717) is 49.7 Å². The summed E-state index contributed by atoms with van der Waals surface area (Å²) in [5.74, 6) is 1.76. The summed E-state index contributed by atoms with van der Waals surface area (Å²) >= 11 is 0. The summed E-state index contributed by atoms with van der Waals surface area (Å²) in [6.07, 6.45) is 3.25. The van der Waals surface area contributed by atoms with Crippen LogP contribution in [-0.4, -0.2) is 47.2 Å². The molecule has 0 spiro atoms. The molecule has 2 aromatic heterocycles. The number of hydrogen-bond donors (Lipinski definition) is 3. The Morgan fingerprint density at radius 3 is 2.84 bits per heavy atom. The molecule has 9 nitrogen and oxygen atoms in total. The molecule has 0 aliphatic heterocycles. The quantitative estimate of drug-likeness (QED) is 0.297. The lowest BCUT2D eigenvalue weighted by molar-refractivity contribution is -0.143. The number of carbonyl (C=O) groups excluding carboxylic acids is 1. The number of pyridine rings is 1. The SMILES string of the molecule is CCOC(=O)CCCOc1ccccc1Nc1ncnc2ccc(NCCCN)nc12. The van der Waals surface area contributed by atoms with Crippen molar-refractivity contribution in [3.05, 3.63) is 42.7 Å². The lowest BCUT2D eigenvalue weighted by Gasteiger charge is -2.14. The second-order valence-corrected chi connectivity index (χ2v) is 6.73. The van der Waals surface area contributed by atoms with Gasteiger partial charge in [0.15, 0.2) is 5.82 Å². The van der Waals surface area contributed by atoms with Crippen LogP contribution in [0.1, 0.15) is 26.2 Å². The maximum absolute atomic E-state index is 11.5. The minimum atomic E-state index is -0.216. The summed E-state index contributed by atoms with van der Waals surface area (Å²) in [5, 5.41) is 6.56. The minimum absolute atomic E-state index is 0.216.